The Labute approximate surface area is 422 Å². The highest BCUT2D eigenvalue weighted by Gasteiger charge is 2.43. The molecule has 1 aromatic carbocycles. The summed E-state index contributed by atoms with van der Waals surface area (Å²) in [5.74, 6) is -4.06. The van der Waals surface area contributed by atoms with Crippen molar-refractivity contribution in [2.24, 2.45) is 17.8 Å². The number of carboxylic acid groups (broad SMARTS) is 1. The first kappa shape index (κ1) is 62.3. The van der Waals surface area contributed by atoms with E-state index in [-0.39, 0.29) is 61.1 Å². The minimum atomic E-state index is -3.98. The first-order valence-corrected chi connectivity index (χ1v) is 26.7. The highest BCUT2D eigenvalue weighted by Crippen LogP contribution is 2.30. The molecule has 1 saturated carbocycles. The molecule has 0 radical (unpaired) electrons. The van der Waals surface area contributed by atoms with Gasteiger partial charge in [0, 0.05) is 47.2 Å². The monoisotopic (exact) mass is 1020 g/mol. The minimum absolute atomic E-state index is 0.0170. The van der Waals surface area contributed by atoms with Crippen molar-refractivity contribution in [2.75, 3.05) is 55.0 Å². The molecule has 0 spiro atoms. The topological polar surface area (TPSA) is 259 Å². The standard InChI is InChI=1S/C47H77N7O13S.C3H8/c1-11-30(4)42(53(8)39(56)28-49-46(61)41(29(2)3)52(6)7)37(65-9)27-38(55)54-25-15-16-36(54)43(66-10)31(5)44(59)50-35(45(60)51-68(63,64)34-22-23-34)26-32-18-20-33(21-19-32)67-47(62)48-24-14-12-13-17-40(57)58;1-3-2/h18-21,29-31,34-37,41-43H,11-17,22-28H2,1-10H3,(H,48,62)(H,49,61)(H,50,59)(H,51,60)(H,57,58);3H2,1-2H3. The van der Waals surface area contributed by atoms with Crippen LogP contribution in [0.15, 0.2) is 24.3 Å². The molecular weight excluding hydrogens is 939 g/mol. The average molecular weight is 1020 g/mol. The van der Waals surface area contributed by atoms with Gasteiger partial charge >= 0.3 is 12.1 Å². The number of methoxy groups -OCH3 is 2. The number of likely N-dealkylation sites (tertiary alicyclic amines) is 1. The van der Waals surface area contributed by atoms with Crippen LogP contribution in [0.3, 0.4) is 0 Å². The zero-order valence-electron chi connectivity index (χ0n) is 44.3. The van der Waals surface area contributed by atoms with E-state index < -0.39 is 81.4 Å². The lowest BCUT2D eigenvalue weighted by Gasteiger charge is -2.39. The van der Waals surface area contributed by atoms with Crippen LogP contribution in [-0.2, 0) is 54.7 Å². The third-order valence-electron chi connectivity index (χ3n) is 12.9. The van der Waals surface area contributed by atoms with Crippen LogP contribution in [0.1, 0.15) is 125 Å². The molecule has 2 fully saturated rings. The summed E-state index contributed by atoms with van der Waals surface area (Å²) in [5.41, 5.74) is 0.522. The number of ether oxygens (including phenoxy) is 3. The van der Waals surface area contributed by atoms with Crippen LogP contribution in [0, 0.1) is 17.8 Å². The van der Waals surface area contributed by atoms with Crippen molar-refractivity contribution >= 4 is 51.6 Å². The zero-order chi connectivity index (χ0) is 53.6. The molecule has 1 aromatic rings. The third-order valence-corrected chi connectivity index (χ3v) is 14.8. The number of unbranched alkanes of at least 4 members (excludes halogenated alkanes) is 2. The van der Waals surface area contributed by atoms with Gasteiger partial charge in [0.05, 0.1) is 54.5 Å². The summed E-state index contributed by atoms with van der Waals surface area (Å²) in [6.07, 6.45) is 3.18. The summed E-state index contributed by atoms with van der Waals surface area (Å²) >= 11 is 0. The number of hydrogen-bond donors (Lipinski definition) is 5. The Balaban J connectivity index is 0.00000561. The summed E-state index contributed by atoms with van der Waals surface area (Å²) < 4.78 is 45.1. The van der Waals surface area contributed by atoms with Crippen molar-refractivity contribution in [1.82, 2.24) is 35.4 Å². The van der Waals surface area contributed by atoms with E-state index in [1.54, 1.807) is 35.9 Å². The molecule has 3 rings (SSSR count). The van der Waals surface area contributed by atoms with Crippen LogP contribution in [-0.4, -0.2) is 166 Å². The number of likely N-dealkylation sites (N-methyl/N-ethyl adjacent to an activating group) is 2. The molecule has 404 valence electrons. The van der Waals surface area contributed by atoms with Gasteiger partial charge in [0.15, 0.2) is 0 Å². The van der Waals surface area contributed by atoms with Gasteiger partial charge in [0.2, 0.25) is 33.7 Å². The van der Waals surface area contributed by atoms with Crippen LogP contribution in [0.4, 0.5) is 4.79 Å². The number of amides is 6. The second-order valence-electron chi connectivity index (χ2n) is 19.4. The number of rotatable bonds is 29. The zero-order valence-corrected chi connectivity index (χ0v) is 45.1. The fourth-order valence-electron chi connectivity index (χ4n) is 8.88. The van der Waals surface area contributed by atoms with Gasteiger partial charge in [-0.2, -0.15) is 0 Å². The van der Waals surface area contributed by atoms with Gasteiger partial charge in [-0.1, -0.05) is 79.9 Å². The number of sulfonamides is 1. The van der Waals surface area contributed by atoms with Gasteiger partial charge in [-0.25, -0.2) is 13.2 Å². The van der Waals surface area contributed by atoms with Crippen LogP contribution in [0.5, 0.6) is 5.75 Å². The van der Waals surface area contributed by atoms with Crippen molar-refractivity contribution in [1.29, 1.82) is 0 Å². The van der Waals surface area contributed by atoms with Gasteiger partial charge in [0.25, 0.3) is 5.91 Å². The SMILES string of the molecule is CCC.CCC(C)C(C(CC(=O)N1CCCC1C(OC)C(C)C(=O)NC(Cc1ccc(OC(=O)NCCCCCC(=O)O)cc1)C(=O)NS(=O)(=O)C1CC1)OC)N(C)C(=O)CNC(=O)C(C(C)C)N(C)C. The predicted molar refractivity (Wildman–Crippen MR) is 270 cm³/mol. The molecule has 1 aliphatic heterocycles. The number of nitrogens with zero attached hydrogens (tertiary/aromatic N) is 3. The van der Waals surface area contributed by atoms with Gasteiger partial charge < -0.3 is 45.1 Å². The summed E-state index contributed by atoms with van der Waals surface area (Å²) in [4.78, 5) is 96.7. The number of aliphatic carboxylic acids is 1. The quantitative estimate of drug-likeness (QED) is 0.0709. The highest BCUT2D eigenvalue weighted by atomic mass is 32.2. The van der Waals surface area contributed by atoms with E-state index in [1.807, 2.05) is 46.7 Å². The Hall–Kier alpha value is -4.86. The second-order valence-corrected chi connectivity index (χ2v) is 21.3. The molecule has 0 bridgehead atoms. The lowest BCUT2D eigenvalue weighted by Crippen LogP contribution is -2.56. The summed E-state index contributed by atoms with van der Waals surface area (Å²) in [5, 5.41) is 16.2. The van der Waals surface area contributed by atoms with E-state index in [0.29, 0.717) is 70.0 Å². The van der Waals surface area contributed by atoms with Gasteiger partial charge in [-0.15, -0.1) is 0 Å². The Bertz CT molecular complexity index is 1980. The summed E-state index contributed by atoms with van der Waals surface area (Å²) in [6, 6.07) is 3.33. The van der Waals surface area contributed by atoms with E-state index in [0.717, 1.165) is 0 Å². The van der Waals surface area contributed by atoms with Crippen molar-refractivity contribution < 1.29 is 61.3 Å². The number of benzene rings is 1. The molecule has 0 aromatic heterocycles. The molecule has 1 saturated heterocycles. The number of carboxylic acids is 1. The number of nitrogens with one attached hydrogen (secondary N) is 4. The van der Waals surface area contributed by atoms with E-state index in [1.165, 1.54) is 32.8 Å². The first-order valence-electron chi connectivity index (χ1n) is 25.1. The van der Waals surface area contributed by atoms with Crippen LogP contribution >= 0.6 is 0 Å². The number of carbonyl (C=O) groups excluding carboxylic acids is 6. The lowest BCUT2D eigenvalue weighted by atomic mass is 9.90. The number of hydrogen-bond acceptors (Lipinski definition) is 13. The van der Waals surface area contributed by atoms with E-state index in [9.17, 15) is 42.0 Å². The van der Waals surface area contributed by atoms with Gasteiger partial charge in [-0.3, -0.25) is 38.4 Å². The molecule has 8 unspecified atom stereocenters. The minimum Gasteiger partial charge on any atom is -0.481 e. The van der Waals surface area contributed by atoms with E-state index in [4.69, 9.17) is 19.3 Å². The van der Waals surface area contributed by atoms with Crippen LogP contribution in [0.25, 0.3) is 0 Å². The maximum absolute atomic E-state index is 14.3. The molecule has 20 nitrogen and oxygen atoms in total. The molecule has 2 aliphatic rings. The fraction of sp³-hybridized carbons (Fsp3) is 0.740. The number of carbonyl (C=O) groups is 7. The second kappa shape index (κ2) is 30.9. The predicted octanol–water partition coefficient (Wildman–Crippen LogP) is 4.09. The molecule has 8 atom stereocenters. The Kier molecular flexibility index (Phi) is 27.1. The summed E-state index contributed by atoms with van der Waals surface area (Å²) in [6.45, 7) is 14.1. The third kappa shape index (κ3) is 20.3. The Morgan fingerprint density at radius 1 is 0.845 bits per heavy atom. The Morgan fingerprint density at radius 3 is 2.01 bits per heavy atom. The fourth-order valence-corrected chi connectivity index (χ4v) is 10.2. The van der Waals surface area contributed by atoms with Crippen molar-refractivity contribution in [2.45, 2.75) is 167 Å². The maximum Gasteiger partial charge on any atom is 0.412 e. The molecule has 71 heavy (non-hydrogen) atoms. The summed E-state index contributed by atoms with van der Waals surface area (Å²) in [7, 11) is 4.21. The molecule has 1 heterocycles. The Morgan fingerprint density at radius 2 is 1.48 bits per heavy atom. The molecule has 6 amide bonds. The van der Waals surface area contributed by atoms with E-state index >= 15 is 0 Å². The maximum atomic E-state index is 14.3. The smallest absolute Gasteiger partial charge is 0.412 e. The van der Waals surface area contributed by atoms with Crippen LogP contribution < -0.4 is 25.4 Å². The lowest BCUT2D eigenvalue weighted by molar-refractivity contribution is -0.146. The van der Waals surface area contributed by atoms with Crippen LogP contribution in [0.2, 0.25) is 0 Å². The first-order chi connectivity index (χ1) is 33.5. The molecule has 21 heteroatoms. The highest BCUT2D eigenvalue weighted by molar-refractivity contribution is 7.90. The molecule has 1 aliphatic carbocycles. The largest absolute Gasteiger partial charge is 0.481 e. The average Bonchev–Trinajstić information content (AvgIpc) is 4.07. The molecular formula is C50H85N7O13S. The van der Waals surface area contributed by atoms with Gasteiger partial charge in [0.1, 0.15) is 11.8 Å². The van der Waals surface area contributed by atoms with Crippen molar-refractivity contribution in [3.63, 3.8) is 0 Å². The van der Waals surface area contributed by atoms with Crippen molar-refractivity contribution in [3.05, 3.63) is 29.8 Å². The van der Waals surface area contributed by atoms with Gasteiger partial charge in [-0.05, 0) is 82.2 Å². The van der Waals surface area contributed by atoms with Crippen molar-refractivity contribution in [3.8, 4) is 5.75 Å². The normalized spacial score (nSPS) is 17.6. The van der Waals surface area contributed by atoms with E-state index in [2.05, 4.69) is 34.5 Å². The molecule has 5 N–H and O–H groups in total.